The molecule has 0 saturated carbocycles. The minimum atomic E-state index is 0.101. The molecule has 3 aromatic rings. The first-order chi connectivity index (χ1) is 13.1. The summed E-state index contributed by atoms with van der Waals surface area (Å²) >= 11 is 1.40. The second-order valence-corrected chi connectivity index (χ2v) is 7.69. The summed E-state index contributed by atoms with van der Waals surface area (Å²) in [5, 5.41) is 9.07. The van der Waals surface area contributed by atoms with Crippen LogP contribution in [-0.2, 0) is 18.3 Å². The number of aryl methyl sites for hydroxylation is 1. The van der Waals surface area contributed by atoms with Gasteiger partial charge in [-0.05, 0) is 42.5 Å². The molecule has 1 aliphatic carbocycles. The zero-order valence-electron chi connectivity index (χ0n) is 15.5. The van der Waals surface area contributed by atoms with Crippen LogP contribution in [0.3, 0.4) is 0 Å². The van der Waals surface area contributed by atoms with E-state index in [9.17, 15) is 4.79 Å². The van der Waals surface area contributed by atoms with Crippen molar-refractivity contribution in [2.45, 2.75) is 30.5 Å². The third kappa shape index (κ3) is 3.51. The van der Waals surface area contributed by atoms with Crippen LogP contribution in [0.2, 0.25) is 0 Å². The minimum absolute atomic E-state index is 0.101. The average Bonchev–Trinajstić information content (AvgIpc) is 3.35. The highest BCUT2D eigenvalue weighted by atomic mass is 32.2. The summed E-state index contributed by atoms with van der Waals surface area (Å²) in [5.74, 6) is 1.76. The molecule has 0 N–H and O–H groups in total. The lowest BCUT2D eigenvalue weighted by atomic mass is 9.87. The fraction of sp³-hybridized carbons (Fsp3) is 0.350. The average molecular weight is 382 g/mol. The van der Waals surface area contributed by atoms with Gasteiger partial charge in [-0.1, -0.05) is 36.0 Å². The number of furan rings is 1. The van der Waals surface area contributed by atoms with E-state index < -0.39 is 0 Å². The Kier molecular flexibility index (Phi) is 5.03. The topological polar surface area (TPSA) is 64.2 Å². The van der Waals surface area contributed by atoms with Gasteiger partial charge < -0.3 is 13.9 Å². The van der Waals surface area contributed by atoms with Crippen LogP contribution < -0.4 is 0 Å². The van der Waals surface area contributed by atoms with Gasteiger partial charge in [0.15, 0.2) is 16.7 Å². The normalized spacial score (nSPS) is 16.1. The van der Waals surface area contributed by atoms with Gasteiger partial charge >= 0.3 is 0 Å². The first-order valence-electron chi connectivity index (χ1n) is 9.04. The highest BCUT2D eigenvalue weighted by Gasteiger charge is 2.26. The van der Waals surface area contributed by atoms with Gasteiger partial charge in [-0.25, -0.2) is 0 Å². The third-order valence-electron chi connectivity index (χ3n) is 5.10. The van der Waals surface area contributed by atoms with Gasteiger partial charge in [-0.3, -0.25) is 4.79 Å². The van der Waals surface area contributed by atoms with Crippen molar-refractivity contribution < 1.29 is 9.21 Å². The number of hydrogen-bond acceptors (Lipinski definition) is 5. The molecule has 2 aromatic heterocycles. The predicted molar refractivity (Wildman–Crippen MR) is 104 cm³/mol. The van der Waals surface area contributed by atoms with Crippen LogP contribution in [0.4, 0.5) is 0 Å². The van der Waals surface area contributed by atoms with E-state index in [-0.39, 0.29) is 11.9 Å². The Balaban J connectivity index is 1.43. The lowest BCUT2D eigenvalue weighted by Crippen LogP contribution is -2.34. The molecule has 6 nitrogen and oxygen atoms in total. The Hall–Kier alpha value is -2.54. The van der Waals surface area contributed by atoms with Gasteiger partial charge in [0.25, 0.3) is 0 Å². The molecular weight excluding hydrogens is 360 g/mol. The number of aromatic nitrogens is 3. The SMILES string of the molecule is CN(C(=O)CSc1nnc(-c2ccco2)n1C)C1CCCc2ccccc21. The van der Waals surface area contributed by atoms with Crippen molar-refractivity contribution in [2.24, 2.45) is 7.05 Å². The number of rotatable bonds is 5. The van der Waals surface area contributed by atoms with E-state index in [4.69, 9.17) is 4.42 Å². The van der Waals surface area contributed by atoms with Crippen molar-refractivity contribution in [1.29, 1.82) is 0 Å². The molecular formula is C20H22N4O2S. The predicted octanol–water partition coefficient (Wildman–Crippen LogP) is 3.70. The number of carbonyl (C=O) groups is 1. The lowest BCUT2D eigenvalue weighted by Gasteiger charge is -2.33. The van der Waals surface area contributed by atoms with E-state index in [0.29, 0.717) is 22.5 Å². The second-order valence-electron chi connectivity index (χ2n) is 6.74. The van der Waals surface area contributed by atoms with E-state index in [1.165, 1.54) is 22.9 Å². The molecule has 0 aliphatic heterocycles. The summed E-state index contributed by atoms with van der Waals surface area (Å²) in [7, 11) is 3.78. The Morgan fingerprint density at radius 2 is 2.15 bits per heavy atom. The van der Waals surface area contributed by atoms with Crippen LogP contribution in [-0.4, -0.2) is 38.4 Å². The van der Waals surface area contributed by atoms with Crippen LogP contribution in [0.25, 0.3) is 11.6 Å². The van der Waals surface area contributed by atoms with Crippen molar-refractivity contribution in [2.75, 3.05) is 12.8 Å². The Morgan fingerprint density at radius 1 is 1.30 bits per heavy atom. The minimum Gasteiger partial charge on any atom is -0.461 e. The molecule has 2 heterocycles. The van der Waals surface area contributed by atoms with E-state index >= 15 is 0 Å². The molecule has 0 fully saturated rings. The van der Waals surface area contributed by atoms with Crippen LogP contribution in [0.15, 0.2) is 52.2 Å². The summed E-state index contributed by atoms with van der Waals surface area (Å²) < 4.78 is 7.24. The highest BCUT2D eigenvalue weighted by Crippen LogP contribution is 2.34. The quantitative estimate of drug-likeness (QED) is 0.630. The molecule has 1 atom stereocenters. The zero-order valence-corrected chi connectivity index (χ0v) is 16.3. The molecule has 4 rings (SSSR count). The largest absolute Gasteiger partial charge is 0.461 e. The van der Waals surface area contributed by atoms with Crippen LogP contribution in [0.5, 0.6) is 0 Å². The summed E-state index contributed by atoms with van der Waals surface area (Å²) in [6.45, 7) is 0. The fourth-order valence-electron chi connectivity index (χ4n) is 3.59. The maximum atomic E-state index is 12.8. The molecule has 1 unspecified atom stereocenters. The molecule has 140 valence electrons. The first kappa shape index (κ1) is 17.9. The number of benzene rings is 1. The summed E-state index contributed by atoms with van der Waals surface area (Å²) in [6, 6.07) is 12.3. The van der Waals surface area contributed by atoms with Crippen LogP contribution in [0.1, 0.15) is 30.0 Å². The number of amides is 1. The van der Waals surface area contributed by atoms with Crippen molar-refractivity contribution in [1.82, 2.24) is 19.7 Å². The number of carbonyl (C=O) groups excluding carboxylic acids is 1. The van der Waals surface area contributed by atoms with Gasteiger partial charge in [0.2, 0.25) is 5.91 Å². The van der Waals surface area contributed by atoms with Crippen molar-refractivity contribution in [3.63, 3.8) is 0 Å². The van der Waals surface area contributed by atoms with Gasteiger partial charge in [-0.2, -0.15) is 0 Å². The molecule has 0 bridgehead atoms. The maximum absolute atomic E-state index is 12.8. The van der Waals surface area contributed by atoms with E-state index in [1.807, 2.05) is 35.7 Å². The summed E-state index contributed by atoms with van der Waals surface area (Å²) in [5.41, 5.74) is 2.64. The smallest absolute Gasteiger partial charge is 0.233 e. The molecule has 7 heteroatoms. The van der Waals surface area contributed by atoms with Crippen molar-refractivity contribution >= 4 is 17.7 Å². The van der Waals surface area contributed by atoms with E-state index in [2.05, 4.69) is 34.5 Å². The Labute approximate surface area is 162 Å². The monoisotopic (exact) mass is 382 g/mol. The van der Waals surface area contributed by atoms with Crippen LogP contribution >= 0.6 is 11.8 Å². The van der Waals surface area contributed by atoms with Crippen molar-refractivity contribution in [3.8, 4) is 11.6 Å². The second kappa shape index (κ2) is 7.60. The number of fused-ring (bicyclic) bond motifs is 1. The van der Waals surface area contributed by atoms with Crippen LogP contribution in [0, 0.1) is 0 Å². The Bertz CT molecular complexity index is 935. The van der Waals surface area contributed by atoms with E-state index in [1.54, 1.807) is 6.26 Å². The molecule has 27 heavy (non-hydrogen) atoms. The fourth-order valence-corrected chi connectivity index (χ4v) is 4.43. The number of thioether (sulfide) groups is 1. The van der Waals surface area contributed by atoms with Gasteiger partial charge in [0.05, 0.1) is 18.1 Å². The summed E-state index contributed by atoms with van der Waals surface area (Å²) in [6.07, 6.45) is 4.83. The summed E-state index contributed by atoms with van der Waals surface area (Å²) in [4.78, 5) is 14.7. The molecule has 1 aromatic carbocycles. The van der Waals surface area contributed by atoms with E-state index in [0.717, 1.165) is 19.3 Å². The highest BCUT2D eigenvalue weighted by molar-refractivity contribution is 7.99. The van der Waals surface area contributed by atoms with Gasteiger partial charge in [0.1, 0.15) is 0 Å². The molecule has 0 spiro atoms. The zero-order chi connectivity index (χ0) is 18.8. The molecule has 0 radical (unpaired) electrons. The first-order valence-corrected chi connectivity index (χ1v) is 10.0. The number of hydrogen-bond donors (Lipinski definition) is 0. The molecule has 1 aliphatic rings. The molecule has 1 amide bonds. The Morgan fingerprint density at radius 3 is 2.96 bits per heavy atom. The van der Waals surface area contributed by atoms with Gasteiger partial charge in [-0.15, -0.1) is 10.2 Å². The maximum Gasteiger partial charge on any atom is 0.233 e. The van der Waals surface area contributed by atoms with Gasteiger partial charge in [0, 0.05) is 14.1 Å². The number of nitrogens with zero attached hydrogens (tertiary/aromatic N) is 4. The lowest BCUT2D eigenvalue weighted by molar-refractivity contribution is -0.129. The molecule has 0 saturated heterocycles. The standard InChI is InChI=1S/C20H22N4O2S/c1-23(16-10-5-8-14-7-3-4-9-15(14)16)18(25)13-27-20-22-21-19(24(20)2)17-11-6-12-26-17/h3-4,6-7,9,11-12,16H,5,8,10,13H2,1-2H3. The third-order valence-corrected chi connectivity index (χ3v) is 6.10. The van der Waals surface area contributed by atoms with Crippen molar-refractivity contribution in [3.05, 3.63) is 53.8 Å².